The van der Waals surface area contributed by atoms with E-state index in [9.17, 15) is 12.8 Å². The first-order valence-electron chi connectivity index (χ1n) is 6.33. The summed E-state index contributed by atoms with van der Waals surface area (Å²) in [6.07, 6.45) is 0. The van der Waals surface area contributed by atoms with E-state index in [1.54, 1.807) is 49.4 Å². The lowest BCUT2D eigenvalue weighted by Crippen LogP contribution is -2.09. The Bertz CT molecular complexity index is 699. The number of rotatable bonds is 5. The molecule has 0 aromatic heterocycles. The van der Waals surface area contributed by atoms with Gasteiger partial charge in [-0.2, -0.15) is 0 Å². The number of anilines is 1. The molecule has 0 atom stereocenters. The Morgan fingerprint density at radius 2 is 1.70 bits per heavy atom. The Kier molecular flexibility index (Phi) is 4.39. The van der Waals surface area contributed by atoms with Crippen LogP contribution in [0.1, 0.15) is 12.5 Å². The maximum absolute atomic E-state index is 13.5. The van der Waals surface area contributed by atoms with Gasteiger partial charge in [0.15, 0.2) is 9.84 Å². The van der Waals surface area contributed by atoms with E-state index in [0.717, 1.165) is 0 Å². The first kappa shape index (κ1) is 14.5. The smallest absolute Gasteiger partial charge is 0.180 e. The van der Waals surface area contributed by atoms with Crippen LogP contribution in [0.25, 0.3) is 0 Å². The van der Waals surface area contributed by atoms with E-state index in [1.807, 2.05) is 0 Å². The lowest BCUT2D eigenvalue weighted by atomic mass is 10.2. The molecule has 106 valence electrons. The molecular formula is C15H16FNO2S. The van der Waals surface area contributed by atoms with E-state index in [2.05, 4.69) is 5.32 Å². The number of nitrogens with one attached hydrogen (secondary N) is 1. The van der Waals surface area contributed by atoms with Gasteiger partial charge in [0.25, 0.3) is 0 Å². The second-order valence-corrected chi connectivity index (χ2v) is 6.59. The molecule has 2 aromatic rings. The monoisotopic (exact) mass is 293 g/mol. The van der Waals surface area contributed by atoms with Crippen molar-refractivity contribution in [2.24, 2.45) is 0 Å². The van der Waals surface area contributed by atoms with E-state index in [1.165, 1.54) is 6.07 Å². The topological polar surface area (TPSA) is 46.2 Å². The first-order valence-corrected chi connectivity index (χ1v) is 7.99. The highest BCUT2D eigenvalue weighted by atomic mass is 32.2. The predicted octanol–water partition coefficient (Wildman–Crippen LogP) is 3.23. The van der Waals surface area contributed by atoms with E-state index in [0.29, 0.717) is 11.3 Å². The summed E-state index contributed by atoms with van der Waals surface area (Å²) >= 11 is 0. The van der Waals surface area contributed by atoms with Gasteiger partial charge in [-0.1, -0.05) is 37.3 Å². The van der Waals surface area contributed by atoms with Crippen LogP contribution in [0.5, 0.6) is 0 Å². The van der Waals surface area contributed by atoms with Crippen LogP contribution in [-0.2, 0) is 16.4 Å². The van der Waals surface area contributed by atoms with Crippen LogP contribution in [0.3, 0.4) is 0 Å². The molecule has 0 saturated heterocycles. The van der Waals surface area contributed by atoms with Gasteiger partial charge in [-0.25, -0.2) is 12.8 Å². The standard InChI is InChI=1S/C15H16FNO2S/c1-2-20(18,19)15-10-6-5-9-14(15)17-11-12-7-3-4-8-13(12)16/h3-10,17H,2,11H2,1H3. The summed E-state index contributed by atoms with van der Waals surface area (Å²) in [7, 11) is -3.30. The molecule has 2 rings (SSSR count). The van der Waals surface area contributed by atoms with Crippen LogP contribution < -0.4 is 5.32 Å². The maximum atomic E-state index is 13.5. The summed E-state index contributed by atoms with van der Waals surface area (Å²) in [6, 6.07) is 13.1. The summed E-state index contributed by atoms with van der Waals surface area (Å²) in [6.45, 7) is 1.84. The van der Waals surface area contributed by atoms with Crippen molar-refractivity contribution in [3.05, 3.63) is 59.9 Å². The summed E-state index contributed by atoms with van der Waals surface area (Å²) in [5.74, 6) is -0.276. The number of halogens is 1. The van der Waals surface area contributed by atoms with E-state index in [4.69, 9.17) is 0 Å². The summed E-state index contributed by atoms with van der Waals surface area (Å²) in [5, 5.41) is 2.99. The Morgan fingerprint density at radius 3 is 2.40 bits per heavy atom. The molecule has 5 heteroatoms. The molecule has 3 nitrogen and oxygen atoms in total. The van der Waals surface area contributed by atoms with Gasteiger partial charge in [0.2, 0.25) is 0 Å². The molecule has 0 aliphatic heterocycles. The number of hydrogen-bond donors (Lipinski definition) is 1. The third-order valence-electron chi connectivity index (χ3n) is 3.03. The van der Waals surface area contributed by atoms with Crippen LogP contribution in [0, 0.1) is 5.82 Å². The predicted molar refractivity (Wildman–Crippen MR) is 77.9 cm³/mol. The third-order valence-corrected chi connectivity index (χ3v) is 4.82. The first-order chi connectivity index (χ1) is 9.54. The molecule has 1 N–H and O–H groups in total. The summed E-state index contributed by atoms with van der Waals surface area (Å²) in [5.41, 5.74) is 0.994. The molecular weight excluding hydrogens is 277 g/mol. The molecule has 0 bridgehead atoms. The van der Waals surface area contributed by atoms with Crippen LogP contribution in [0.4, 0.5) is 10.1 Å². The summed E-state index contributed by atoms with van der Waals surface area (Å²) < 4.78 is 37.5. The highest BCUT2D eigenvalue weighted by Crippen LogP contribution is 2.22. The second-order valence-electron chi connectivity index (χ2n) is 4.34. The average molecular weight is 293 g/mol. The Balaban J connectivity index is 2.25. The zero-order chi connectivity index (χ0) is 14.6. The van der Waals surface area contributed by atoms with Gasteiger partial charge in [-0.05, 0) is 18.2 Å². The minimum Gasteiger partial charge on any atom is -0.380 e. The molecule has 2 aromatic carbocycles. The van der Waals surface area contributed by atoms with Gasteiger partial charge in [0.05, 0.1) is 16.3 Å². The van der Waals surface area contributed by atoms with Crippen molar-refractivity contribution < 1.29 is 12.8 Å². The molecule has 0 saturated carbocycles. The zero-order valence-electron chi connectivity index (χ0n) is 11.1. The fraction of sp³-hybridized carbons (Fsp3) is 0.200. The zero-order valence-corrected chi connectivity index (χ0v) is 12.0. The van der Waals surface area contributed by atoms with Crippen LogP contribution in [0.15, 0.2) is 53.4 Å². The van der Waals surface area contributed by atoms with Crippen molar-refractivity contribution in [1.29, 1.82) is 0 Å². The maximum Gasteiger partial charge on any atom is 0.180 e. The Hall–Kier alpha value is -1.88. The van der Waals surface area contributed by atoms with Gasteiger partial charge in [-0.15, -0.1) is 0 Å². The minimum absolute atomic E-state index is 0.0331. The van der Waals surface area contributed by atoms with Crippen molar-refractivity contribution in [1.82, 2.24) is 0 Å². The molecule has 0 aliphatic rings. The average Bonchev–Trinajstić information content (AvgIpc) is 2.47. The van der Waals surface area contributed by atoms with Gasteiger partial charge < -0.3 is 5.32 Å². The lowest BCUT2D eigenvalue weighted by molar-refractivity contribution is 0.597. The van der Waals surface area contributed by atoms with E-state index in [-0.39, 0.29) is 23.0 Å². The number of sulfone groups is 1. The highest BCUT2D eigenvalue weighted by molar-refractivity contribution is 7.91. The minimum atomic E-state index is -3.30. The van der Waals surface area contributed by atoms with E-state index >= 15 is 0 Å². The van der Waals surface area contributed by atoms with Gasteiger partial charge in [0, 0.05) is 12.1 Å². The summed E-state index contributed by atoms with van der Waals surface area (Å²) in [4.78, 5) is 0.249. The lowest BCUT2D eigenvalue weighted by Gasteiger charge is -2.12. The van der Waals surface area contributed by atoms with Crippen molar-refractivity contribution in [2.75, 3.05) is 11.1 Å². The van der Waals surface area contributed by atoms with E-state index < -0.39 is 9.84 Å². The highest BCUT2D eigenvalue weighted by Gasteiger charge is 2.15. The normalized spacial score (nSPS) is 11.3. The Labute approximate surface area is 118 Å². The van der Waals surface area contributed by atoms with Crippen molar-refractivity contribution in [2.45, 2.75) is 18.4 Å². The van der Waals surface area contributed by atoms with Crippen LogP contribution in [-0.4, -0.2) is 14.2 Å². The third kappa shape index (κ3) is 3.17. The number of para-hydroxylation sites is 1. The molecule has 0 unspecified atom stereocenters. The van der Waals surface area contributed by atoms with Crippen molar-refractivity contribution in [3.63, 3.8) is 0 Å². The molecule has 0 heterocycles. The van der Waals surface area contributed by atoms with Crippen molar-refractivity contribution in [3.8, 4) is 0 Å². The molecule has 0 aliphatic carbocycles. The van der Waals surface area contributed by atoms with Gasteiger partial charge >= 0.3 is 0 Å². The van der Waals surface area contributed by atoms with Gasteiger partial charge in [0.1, 0.15) is 5.82 Å². The molecule has 20 heavy (non-hydrogen) atoms. The SMILES string of the molecule is CCS(=O)(=O)c1ccccc1NCc1ccccc1F. The molecule has 0 spiro atoms. The van der Waals surface area contributed by atoms with Crippen LogP contribution >= 0.6 is 0 Å². The number of benzene rings is 2. The van der Waals surface area contributed by atoms with Gasteiger partial charge in [-0.3, -0.25) is 0 Å². The Morgan fingerprint density at radius 1 is 1.05 bits per heavy atom. The fourth-order valence-electron chi connectivity index (χ4n) is 1.87. The largest absolute Gasteiger partial charge is 0.380 e. The second kappa shape index (κ2) is 6.05. The van der Waals surface area contributed by atoms with Crippen molar-refractivity contribution >= 4 is 15.5 Å². The quantitative estimate of drug-likeness (QED) is 0.920. The molecule has 0 fully saturated rings. The fourth-order valence-corrected chi connectivity index (χ4v) is 2.94. The molecule has 0 radical (unpaired) electrons. The number of hydrogen-bond acceptors (Lipinski definition) is 3. The molecule has 0 amide bonds. The van der Waals surface area contributed by atoms with Crippen LogP contribution in [0.2, 0.25) is 0 Å².